The van der Waals surface area contributed by atoms with Crippen molar-refractivity contribution < 1.29 is 4.79 Å². The van der Waals surface area contributed by atoms with Crippen LogP contribution in [0.25, 0.3) is 0 Å². The van der Waals surface area contributed by atoms with Crippen LogP contribution in [-0.4, -0.2) is 22.9 Å². The fourth-order valence-electron chi connectivity index (χ4n) is 2.42. The van der Waals surface area contributed by atoms with Gasteiger partial charge in [-0.05, 0) is 30.7 Å². The lowest BCUT2D eigenvalue weighted by Crippen LogP contribution is -2.38. The summed E-state index contributed by atoms with van der Waals surface area (Å²) in [7, 11) is 0. The van der Waals surface area contributed by atoms with E-state index in [1.807, 2.05) is 11.0 Å². The normalized spacial score (nSPS) is 26.1. The predicted octanol–water partition coefficient (Wildman–Crippen LogP) is 3.00. The maximum Gasteiger partial charge on any atom is 0.241 e. The highest BCUT2D eigenvalue weighted by molar-refractivity contribution is 7.10. The van der Waals surface area contributed by atoms with E-state index < -0.39 is 0 Å². The van der Waals surface area contributed by atoms with Gasteiger partial charge in [0.2, 0.25) is 5.91 Å². The Labute approximate surface area is 113 Å². The molecular formula is C14H22N2OS. The molecule has 2 rings (SSSR count). The topological polar surface area (TPSA) is 32.3 Å². The molecule has 0 spiro atoms. The Morgan fingerprint density at radius 2 is 2.17 bits per heavy atom. The second-order valence-corrected chi connectivity index (χ2v) is 6.29. The second kappa shape index (κ2) is 5.41. The SMILES string of the molecule is CCC(C)N1C(=O)C(C(C)C)NC1c1cccs1. The Kier molecular flexibility index (Phi) is 4.07. The zero-order valence-corrected chi connectivity index (χ0v) is 12.3. The van der Waals surface area contributed by atoms with E-state index in [-0.39, 0.29) is 24.2 Å². The minimum Gasteiger partial charge on any atom is -0.318 e. The van der Waals surface area contributed by atoms with Crippen molar-refractivity contribution in [2.45, 2.75) is 52.4 Å². The fourth-order valence-corrected chi connectivity index (χ4v) is 3.20. The van der Waals surface area contributed by atoms with Gasteiger partial charge in [0.05, 0.1) is 6.04 Å². The van der Waals surface area contributed by atoms with E-state index in [2.05, 4.69) is 44.5 Å². The number of amides is 1. The molecule has 0 radical (unpaired) electrons. The molecule has 18 heavy (non-hydrogen) atoms. The summed E-state index contributed by atoms with van der Waals surface area (Å²) in [6.07, 6.45) is 1.04. The molecular weight excluding hydrogens is 244 g/mol. The molecule has 100 valence electrons. The number of rotatable bonds is 4. The molecule has 1 N–H and O–H groups in total. The molecule has 2 heterocycles. The van der Waals surface area contributed by atoms with E-state index in [9.17, 15) is 4.79 Å². The molecule has 1 saturated heterocycles. The molecule has 3 nitrogen and oxygen atoms in total. The lowest BCUT2D eigenvalue weighted by molar-refractivity contribution is -0.132. The van der Waals surface area contributed by atoms with Crippen LogP contribution >= 0.6 is 11.3 Å². The van der Waals surface area contributed by atoms with E-state index in [0.29, 0.717) is 5.92 Å². The number of carbonyl (C=O) groups excluding carboxylic acids is 1. The summed E-state index contributed by atoms with van der Waals surface area (Å²) in [6, 6.07) is 4.38. The molecule has 3 unspecified atom stereocenters. The number of hydrogen-bond acceptors (Lipinski definition) is 3. The van der Waals surface area contributed by atoms with Crippen molar-refractivity contribution in [1.29, 1.82) is 0 Å². The minimum absolute atomic E-state index is 0.0499. The zero-order valence-electron chi connectivity index (χ0n) is 11.5. The van der Waals surface area contributed by atoms with Crippen molar-refractivity contribution in [3.05, 3.63) is 22.4 Å². The van der Waals surface area contributed by atoms with Gasteiger partial charge >= 0.3 is 0 Å². The lowest BCUT2D eigenvalue weighted by Gasteiger charge is -2.29. The lowest BCUT2D eigenvalue weighted by atomic mass is 10.0. The quantitative estimate of drug-likeness (QED) is 0.908. The third kappa shape index (κ3) is 2.31. The van der Waals surface area contributed by atoms with E-state index in [0.717, 1.165) is 6.42 Å². The van der Waals surface area contributed by atoms with Gasteiger partial charge in [0, 0.05) is 10.9 Å². The Bertz CT molecular complexity index is 402. The summed E-state index contributed by atoms with van der Waals surface area (Å²) in [5, 5.41) is 5.56. The van der Waals surface area contributed by atoms with Gasteiger partial charge < -0.3 is 4.90 Å². The summed E-state index contributed by atoms with van der Waals surface area (Å²) in [5.41, 5.74) is 0. The molecule has 0 bridgehead atoms. The summed E-state index contributed by atoms with van der Waals surface area (Å²) in [6.45, 7) is 8.46. The molecule has 1 aliphatic rings. The van der Waals surface area contributed by atoms with Crippen LogP contribution in [0.1, 0.15) is 45.2 Å². The summed E-state index contributed by atoms with van der Waals surface area (Å²) < 4.78 is 0. The standard InChI is InChI=1S/C14H22N2OS/c1-5-10(4)16-13(11-7-6-8-18-11)15-12(9(2)3)14(16)17/h6-10,12-13,15H,5H2,1-4H3. The largest absolute Gasteiger partial charge is 0.318 e. The van der Waals surface area contributed by atoms with Gasteiger partial charge in [-0.15, -0.1) is 11.3 Å². The van der Waals surface area contributed by atoms with Gasteiger partial charge in [-0.1, -0.05) is 26.8 Å². The predicted molar refractivity (Wildman–Crippen MR) is 75.4 cm³/mol. The van der Waals surface area contributed by atoms with Crippen LogP contribution in [-0.2, 0) is 4.79 Å². The number of carbonyl (C=O) groups is 1. The van der Waals surface area contributed by atoms with Crippen molar-refractivity contribution in [2.24, 2.45) is 5.92 Å². The van der Waals surface area contributed by atoms with Gasteiger partial charge in [0.25, 0.3) is 0 Å². The molecule has 1 aromatic heterocycles. The molecule has 4 heteroatoms. The summed E-state index contributed by atoms with van der Waals surface area (Å²) in [4.78, 5) is 15.8. The van der Waals surface area contributed by atoms with Crippen molar-refractivity contribution >= 4 is 17.2 Å². The smallest absolute Gasteiger partial charge is 0.241 e. The van der Waals surface area contributed by atoms with Gasteiger partial charge in [0.15, 0.2) is 0 Å². The number of hydrogen-bond donors (Lipinski definition) is 1. The van der Waals surface area contributed by atoms with Gasteiger partial charge in [0.1, 0.15) is 6.17 Å². The first-order valence-electron chi connectivity index (χ1n) is 6.67. The van der Waals surface area contributed by atoms with Crippen molar-refractivity contribution in [1.82, 2.24) is 10.2 Å². The zero-order chi connectivity index (χ0) is 13.3. The highest BCUT2D eigenvalue weighted by Gasteiger charge is 2.42. The Hall–Kier alpha value is -0.870. The molecule has 0 aliphatic carbocycles. The molecule has 3 atom stereocenters. The van der Waals surface area contributed by atoms with E-state index >= 15 is 0 Å². The van der Waals surface area contributed by atoms with Gasteiger partial charge in [-0.2, -0.15) is 0 Å². The first-order valence-corrected chi connectivity index (χ1v) is 7.55. The summed E-state index contributed by atoms with van der Waals surface area (Å²) >= 11 is 1.71. The maximum atomic E-state index is 12.5. The van der Waals surface area contributed by atoms with Crippen LogP contribution in [0.4, 0.5) is 0 Å². The fraction of sp³-hybridized carbons (Fsp3) is 0.643. The van der Waals surface area contributed by atoms with Crippen LogP contribution in [0, 0.1) is 5.92 Å². The first kappa shape index (κ1) is 13.6. The maximum absolute atomic E-state index is 12.5. The molecule has 0 aromatic carbocycles. The molecule has 0 saturated carbocycles. The summed E-state index contributed by atoms with van der Waals surface area (Å²) in [5.74, 6) is 0.576. The minimum atomic E-state index is -0.0499. The highest BCUT2D eigenvalue weighted by atomic mass is 32.1. The van der Waals surface area contributed by atoms with Crippen LogP contribution < -0.4 is 5.32 Å². The Balaban J connectivity index is 2.29. The van der Waals surface area contributed by atoms with Crippen molar-refractivity contribution in [3.63, 3.8) is 0 Å². The number of nitrogens with one attached hydrogen (secondary N) is 1. The third-order valence-electron chi connectivity index (χ3n) is 3.68. The van der Waals surface area contributed by atoms with Crippen LogP contribution in [0.15, 0.2) is 17.5 Å². The monoisotopic (exact) mass is 266 g/mol. The Morgan fingerprint density at radius 3 is 2.67 bits per heavy atom. The van der Waals surface area contributed by atoms with E-state index in [1.165, 1.54) is 4.88 Å². The van der Waals surface area contributed by atoms with Crippen molar-refractivity contribution in [2.75, 3.05) is 0 Å². The van der Waals surface area contributed by atoms with E-state index in [1.54, 1.807) is 11.3 Å². The van der Waals surface area contributed by atoms with E-state index in [4.69, 9.17) is 0 Å². The molecule has 1 amide bonds. The highest BCUT2D eigenvalue weighted by Crippen LogP contribution is 2.32. The van der Waals surface area contributed by atoms with Gasteiger partial charge in [-0.3, -0.25) is 10.1 Å². The first-order chi connectivity index (χ1) is 8.56. The average molecular weight is 266 g/mol. The van der Waals surface area contributed by atoms with Crippen LogP contribution in [0.2, 0.25) is 0 Å². The molecule has 1 aliphatic heterocycles. The second-order valence-electron chi connectivity index (χ2n) is 5.31. The van der Waals surface area contributed by atoms with Crippen LogP contribution in [0.3, 0.4) is 0 Å². The van der Waals surface area contributed by atoms with Crippen LogP contribution in [0.5, 0.6) is 0 Å². The van der Waals surface area contributed by atoms with Crippen molar-refractivity contribution in [3.8, 4) is 0 Å². The molecule has 1 fully saturated rings. The third-order valence-corrected chi connectivity index (χ3v) is 4.61. The Morgan fingerprint density at radius 1 is 1.44 bits per heavy atom. The number of thiophene rings is 1. The van der Waals surface area contributed by atoms with Gasteiger partial charge in [-0.25, -0.2) is 0 Å². The molecule has 1 aromatic rings. The number of nitrogens with zero attached hydrogens (tertiary/aromatic N) is 1. The average Bonchev–Trinajstić information content (AvgIpc) is 2.94.